The van der Waals surface area contributed by atoms with Gasteiger partial charge in [-0.05, 0) is 32.2 Å². The molecule has 1 aromatic rings. The molecule has 0 heterocycles. The van der Waals surface area contributed by atoms with E-state index in [0.29, 0.717) is 5.69 Å². The van der Waals surface area contributed by atoms with E-state index in [0.717, 1.165) is 0 Å². The van der Waals surface area contributed by atoms with Crippen molar-refractivity contribution in [1.82, 2.24) is 0 Å². The second kappa shape index (κ2) is 6.75. The van der Waals surface area contributed by atoms with Crippen LogP contribution in [0.4, 0.5) is 10.1 Å². The summed E-state index contributed by atoms with van der Waals surface area (Å²) in [6.45, 7) is 3.26. The summed E-state index contributed by atoms with van der Waals surface area (Å²) in [6.07, 6.45) is 1.90. The normalized spacial score (nSPS) is 14.1. The molecule has 1 rings (SSSR count). The molecule has 100 valence electrons. The molecule has 1 aromatic carbocycles. The molecule has 0 aliphatic carbocycles. The Hall–Kier alpha value is -1.07. The third-order valence-corrected chi connectivity index (χ3v) is 3.95. The molecule has 0 radical (unpaired) electrons. The molecular formula is C13H18FNO2S. The van der Waals surface area contributed by atoms with E-state index in [1.807, 2.05) is 13.2 Å². The minimum atomic E-state index is -0.524. The molecule has 2 N–H and O–H groups in total. The van der Waals surface area contributed by atoms with Gasteiger partial charge in [-0.2, -0.15) is 11.8 Å². The molecule has 2 atom stereocenters. The molecular weight excluding hydrogens is 253 g/mol. The summed E-state index contributed by atoms with van der Waals surface area (Å²) in [6, 6.07) is 4.43. The van der Waals surface area contributed by atoms with Crippen molar-refractivity contribution in [1.29, 1.82) is 0 Å². The van der Waals surface area contributed by atoms with Gasteiger partial charge in [0.1, 0.15) is 5.82 Å². The Morgan fingerprint density at radius 1 is 1.56 bits per heavy atom. The van der Waals surface area contributed by atoms with Crippen molar-refractivity contribution in [2.24, 2.45) is 0 Å². The number of carbonyl (C=O) groups is 1. The van der Waals surface area contributed by atoms with E-state index >= 15 is 0 Å². The first kappa shape index (κ1) is 15.0. The minimum Gasteiger partial charge on any atom is -0.395 e. The Labute approximate surface area is 111 Å². The molecule has 0 aliphatic rings. The van der Waals surface area contributed by atoms with Gasteiger partial charge in [0.05, 0.1) is 12.2 Å². The van der Waals surface area contributed by atoms with Crippen LogP contribution in [-0.2, 0) is 0 Å². The number of rotatable bonds is 6. The zero-order chi connectivity index (χ0) is 13.7. The smallest absolute Gasteiger partial charge is 0.164 e. The number of nitrogens with one attached hydrogen (secondary N) is 1. The third kappa shape index (κ3) is 3.46. The van der Waals surface area contributed by atoms with E-state index in [4.69, 9.17) is 0 Å². The van der Waals surface area contributed by atoms with Crippen molar-refractivity contribution in [3.63, 3.8) is 0 Å². The summed E-state index contributed by atoms with van der Waals surface area (Å²) in [5.41, 5.74) is 0.546. The molecule has 0 saturated carbocycles. The number of thioether (sulfide) groups is 1. The lowest BCUT2D eigenvalue weighted by molar-refractivity contribution is 0.101. The van der Waals surface area contributed by atoms with E-state index < -0.39 is 5.82 Å². The van der Waals surface area contributed by atoms with Gasteiger partial charge in [0.25, 0.3) is 0 Å². The van der Waals surface area contributed by atoms with Crippen LogP contribution in [-0.4, -0.2) is 35.0 Å². The number of benzene rings is 1. The zero-order valence-corrected chi connectivity index (χ0v) is 11.6. The Morgan fingerprint density at radius 2 is 2.22 bits per heavy atom. The van der Waals surface area contributed by atoms with Gasteiger partial charge in [-0.1, -0.05) is 6.07 Å². The van der Waals surface area contributed by atoms with Crippen LogP contribution in [0.3, 0.4) is 0 Å². The molecule has 0 fully saturated rings. The highest BCUT2D eigenvalue weighted by Crippen LogP contribution is 2.22. The van der Waals surface area contributed by atoms with Gasteiger partial charge in [0.15, 0.2) is 5.78 Å². The number of hydrogen-bond acceptors (Lipinski definition) is 4. The summed E-state index contributed by atoms with van der Waals surface area (Å²) in [4.78, 5) is 11.4. The van der Waals surface area contributed by atoms with E-state index in [1.54, 1.807) is 12.1 Å². The number of hydrogen-bond donors (Lipinski definition) is 2. The largest absolute Gasteiger partial charge is 0.395 e. The fourth-order valence-corrected chi connectivity index (χ4v) is 2.40. The SMILES string of the molecule is CS[C@H](CO)[C@@H](C)Nc1cccc(F)c1C(C)=O. The topological polar surface area (TPSA) is 49.3 Å². The molecule has 0 saturated heterocycles. The minimum absolute atomic E-state index is 0.00641. The molecule has 0 unspecified atom stereocenters. The Bertz CT molecular complexity index is 421. The van der Waals surface area contributed by atoms with Crippen LogP contribution in [0.1, 0.15) is 24.2 Å². The fourth-order valence-electron chi connectivity index (χ4n) is 1.78. The molecule has 0 aromatic heterocycles. The monoisotopic (exact) mass is 271 g/mol. The quantitative estimate of drug-likeness (QED) is 0.781. The second-order valence-electron chi connectivity index (χ2n) is 4.11. The highest BCUT2D eigenvalue weighted by molar-refractivity contribution is 7.99. The second-order valence-corrected chi connectivity index (χ2v) is 5.19. The van der Waals surface area contributed by atoms with Gasteiger partial charge in [-0.25, -0.2) is 4.39 Å². The van der Waals surface area contributed by atoms with Crippen molar-refractivity contribution in [3.05, 3.63) is 29.6 Å². The highest BCUT2D eigenvalue weighted by Gasteiger charge is 2.19. The first-order valence-electron chi connectivity index (χ1n) is 5.70. The summed E-state index contributed by atoms with van der Waals surface area (Å²) < 4.78 is 13.6. The van der Waals surface area contributed by atoms with E-state index in [2.05, 4.69) is 5.32 Å². The summed E-state index contributed by atoms with van der Waals surface area (Å²) in [7, 11) is 0. The maximum atomic E-state index is 13.6. The van der Waals surface area contributed by atoms with Crippen LogP contribution in [0, 0.1) is 5.82 Å². The number of aliphatic hydroxyl groups is 1. The molecule has 0 amide bonds. The third-order valence-electron chi connectivity index (χ3n) is 2.79. The Balaban J connectivity index is 2.97. The predicted molar refractivity (Wildman–Crippen MR) is 73.9 cm³/mol. The van der Waals surface area contributed by atoms with E-state index in [-0.39, 0.29) is 29.2 Å². The van der Waals surface area contributed by atoms with Gasteiger partial charge in [-0.15, -0.1) is 0 Å². The predicted octanol–water partition coefficient (Wildman–Crippen LogP) is 2.55. The number of anilines is 1. The van der Waals surface area contributed by atoms with Crippen LogP contribution in [0.5, 0.6) is 0 Å². The van der Waals surface area contributed by atoms with Crippen LogP contribution in [0.25, 0.3) is 0 Å². The molecule has 0 spiro atoms. The Morgan fingerprint density at radius 3 is 2.72 bits per heavy atom. The van der Waals surface area contributed by atoms with Gasteiger partial charge in [0.2, 0.25) is 0 Å². The number of aliphatic hydroxyl groups excluding tert-OH is 1. The summed E-state index contributed by atoms with van der Waals surface area (Å²) in [5.74, 6) is -0.836. The van der Waals surface area contributed by atoms with E-state index in [9.17, 15) is 14.3 Å². The van der Waals surface area contributed by atoms with Crippen LogP contribution >= 0.6 is 11.8 Å². The molecule has 0 aliphatic heterocycles. The summed E-state index contributed by atoms with van der Waals surface area (Å²) in [5, 5.41) is 12.3. The number of carbonyl (C=O) groups excluding carboxylic acids is 1. The first-order chi connectivity index (χ1) is 8.51. The van der Waals surface area contributed by atoms with Crippen LogP contribution in [0.2, 0.25) is 0 Å². The Kier molecular flexibility index (Phi) is 5.62. The lowest BCUT2D eigenvalue weighted by Gasteiger charge is -2.23. The maximum absolute atomic E-state index is 13.6. The average molecular weight is 271 g/mol. The number of ketones is 1. The van der Waals surface area contributed by atoms with Gasteiger partial charge in [-0.3, -0.25) is 4.79 Å². The van der Waals surface area contributed by atoms with Crippen molar-refractivity contribution >= 4 is 23.2 Å². The van der Waals surface area contributed by atoms with Crippen molar-refractivity contribution < 1.29 is 14.3 Å². The van der Waals surface area contributed by atoms with Gasteiger partial charge < -0.3 is 10.4 Å². The first-order valence-corrected chi connectivity index (χ1v) is 6.99. The van der Waals surface area contributed by atoms with Gasteiger partial charge in [0, 0.05) is 17.0 Å². The number of Topliss-reactive ketones (excluding diaryl/α,β-unsaturated/α-hetero) is 1. The van der Waals surface area contributed by atoms with Crippen molar-refractivity contribution in [3.8, 4) is 0 Å². The van der Waals surface area contributed by atoms with Crippen LogP contribution < -0.4 is 5.32 Å². The standard InChI is InChI=1S/C13H18FNO2S/c1-8(12(7-16)18-3)15-11-6-4-5-10(14)13(11)9(2)17/h4-6,8,12,15-16H,7H2,1-3H3/t8-,12-/m1/s1. The fraction of sp³-hybridized carbons (Fsp3) is 0.462. The molecule has 3 nitrogen and oxygen atoms in total. The highest BCUT2D eigenvalue weighted by atomic mass is 32.2. The molecule has 0 bridgehead atoms. The lowest BCUT2D eigenvalue weighted by atomic mass is 10.1. The molecule has 5 heteroatoms. The maximum Gasteiger partial charge on any atom is 0.164 e. The number of halogens is 1. The van der Waals surface area contributed by atoms with Crippen LogP contribution in [0.15, 0.2) is 18.2 Å². The van der Waals surface area contributed by atoms with Crippen molar-refractivity contribution in [2.45, 2.75) is 25.1 Å². The van der Waals surface area contributed by atoms with Gasteiger partial charge >= 0.3 is 0 Å². The lowest BCUT2D eigenvalue weighted by Crippen LogP contribution is -2.31. The molecule has 18 heavy (non-hydrogen) atoms. The van der Waals surface area contributed by atoms with E-state index in [1.165, 1.54) is 24.8 Å². The van der Waals surface area contributed by atoms with Crippen molar-refractivity contribution in [2.75, 3.05) is 18.2 Å². The average Bonchev–Trinajstić information content (AvgIpc) is 2.30. The zero-order valence-electron chi connectivity index (χ0n) is 10.7. The summed E-state index contributed by atoms with van der Waals surface area (Å²) >= 11 is 1.52.